The highest BCUT2D eigenvalue weighted by atomic mass is 19.1. The molecule has 2 nitrogen and oxygen atoms in total. The highest BCUT2D eigenvalue weighted by Gasteiger charge is 2.43. The Kier molecular flexibility index (Phi) is 4.76. The van der Waals surface area contributed by atoms with Crippen LogP contribution < -0.4 is 5.73 Å². The van der Waals surface area contributed by atoms with Gasteiger partial charge >= 0.3 is 0 Å². The van der Waals surface area contributed by atoms with Gasteiger partial charge in [0, 0.05) is 12.0 Å². The first-order chi connectivity index (χ1) is 9.54. The molecule has 1 aromatic rings. The van der Waals surface area contributed by atoms with E-state index in [1.807, 2.05) is 0 Å². The summed E-state index contributed by atoms with van der Waals surface area (Å²) in [6.07, 6.45) is 3.33. The van der Waals surface area contributed by atoms with Crippen molar-refractivity contribution >= 4 is 0 Å². The van der Waals surface area contributed by atoms with E-state index < -0.39 is 23.2 Å². The van der Waals surface area contributed by atoms with Crippen molar-refractivity contribution in [2.75, 3.05) is 6.54 Å². The van der Waals surface area contributed by atoms with Gasteiger partial charge in [0.15, 0.2) is 0 Å². The quantitative estimate of drug-likeness (QED) is 0.887. The van der Waals surface area contributed by atoms with E-state index in [4.69, 9.17) is 5.73 Å². The molecular formula is C16H23F2NO. The summed E-state index contributed by atoms with van der Waals surface area (Å²) in [5.74, 6) is -0.912. The molecule has 3 N–H and O–H groups in total. The molecule has 1 aliphatic carbocycles. The molecule has 0 saturated heterocycles. The summed E-state index contributed by atoms with van der Waals surface area (Å²) in [7, 11) is 0. The Morgan fingerprint density at radius 2 is 2.05 bits per heavy atom. The fourth-order valence-corrected chi connectivity index (χ4v) is 3.49. The fraction of sp³-hybridized carbons (Fsp3) is 0.625. The number of hydrogen-bond donors (Lipinski definition) is 2. The highest BCUT2D eigenvalue weighted by molar-refractivity contribution is 5.24. The molecule has 0 bridgehead atoms. The van der Waals surface area contributed by atoms with Crippen LogP contribution >= 0.6 is 0 Å². The molecule has 4 heteroatoms. The van der Waals surface area contributed by atoms with Gasteiger partial charge in [0.1, 0.15) is 11.6 Å². The van der Waals surface area contributed by atoms with Crippen LogP contribution in [0.3, 0.4) is 0 Å². The lowest BCUT2D eigenvalue weighted by Crippen LogP contribution is -2.41. The summed E-state index contributed by atoms with van der Waals surface area (Å²) in [6, 6.07) is 3.68. The van der Waals surface area contributed by atoms with Crippen molar-refractivity contribution in [1.29, 1.82) is 0 Å². The number of hydrogen-bond acceptors (Lipinski definition) is 2. The first-order valence-corrected chi connectivity index (χ1v) is 7.36. The second-order valence-corrected chi connectivity index (χ2v) is 5.97. The lowest BCUT2D eigenvalue weighted by Gasteiger charge is -2.43. The van der Waals surface area contributed by atoms with Crippen molar-refractivity contribution in [3.05, 3.63) is 35.4 Å². The van der Waals surface area contributed by atoms with Crippen molar-refractivity contribution < 1.29 is 13.9 Å². The maximum atomic E-state index is 13.9. The molecule has 0 amide bonds. The molecule has 0 radical (unpaired) electrons. The van der Waals surface area contributed by atoms with Crippen LogP contribution in [0.25, 0.3) is 0 Å². The van der Waals surface area contributed by atoms with Crippen LogP contribution in [0.15, 0.2) is 18.2 Å². The Bertz CT molecular complexity index is 446. The molecule has 3 atom stereocenters. The molecular weight excluding hydrogens is 260 g/mol. The van der Waals surface area contributed by atoms with Crippen LogP contribution in [-0.2, 0) is 0 Å². The summed E-state index contributed by atoms with van der Waals surface area (Å²) in [5.41, 5.74) is 5.05. The van der Waals surface area contributed by atoms with Crippen molar-refractivity contribution in [2.45, 2.75) is 45.1 Å². The van der Waals surface area contributed by atoms with Gasteiger partial charge in [-0.1, -0.05) is 32.3 Å². The van der Waals surface area contributed by atoms with Gasteiger partial charge in [0.05, 0.1) is 11.7 Å². The van der Waals surface area contributed by atoms with Gasteiger partial charge in [-0.2, -0.15) is 0 Å². The lowest BCUT2D eigenvalue weighted by molar-refractivity contribution is -0.0202. The minimum Gasteiger partial charge on any atom is -0.388 e. The molecule has 112 valence electrons. The summed E-state index contributed by atoms with van der Waals surface area (Å²) < 4.78 is 27.8. The van der Waals surface area contributed by atoms with Crippen LogP contribution in [0.5, 0.6) is 0 Å². The Labute approximate surface area is 119 Å². The minimum absolute atomic E-state index is 0.227. The third-order valence-corrected chi connectivity index (χ3v) is 4.82. The second-order valence-electron chi connectivity index (χ2n) is 5.97. The molecule has 1 fully saturated rings. The van der Waals surface area contributed by atoms with Crippen molar-refractivity contribution in [2.24, 2.45) is 17.1 Å². The van der Waals surface area contributed by atoms with Crippen LogP contribution in [-0.4, -0.2) is 11.7 Å². The second kappa shape index (κ2) is 6.19. The maximum Gasteiger partial charge on any atom is 0.131 e. The molecule has 1 aromatic carbocycles. The van der Waals surface area contributed by atoms with Gasteiger partial charge in [-0.3, -0.25) is 0 Å². The molecule has 3 unspecified atom stereocenters. The van der Waals surface area contributed by atoms with Crippen molar-refractivity contribution in [3.63, 3.8) is 0 Å². The summed E-state index contributed by atoms with van der Waals surface area (Å²) >= 11 is 0. The predicted octanol–water partition coefficient (Wildman–Crippen LogP) is 3.54. The van der Waals surface area contributed by atoms with Gasteiger partial charge < -0.3 is 10.8 Å². The molecule has 1 aliphatic rings. The van der Waals surface area contributed by atoms with E-state index in [9.17, 15) is 13.9 Å². The topological polar surface area (TPSA) is 46.2 Å². The Morgan fingerprint density at radius 1 is 1.40 bits per heavy atom. The number of halogens is 2. The molecule has 0 spiro atoms. The third kappa shape index (κ3) is 2.72. The van der Waals surface area contributed by atoms with Crippen LogP contribution in [0.4, 0.5) is 8.78 Å². The molecule has 0 aliphatic heterocycles. The molecule has 0 aromatic heterocycles. The van der Waals surface area contributed by atoms with E-state index in [0.717, 1.165) is 32.1 Å². The Hall–Kier alpha value is -1.00. The average Bonchev–Trinajstić information content (AvgIpc) is 2.46. The van der Waals surface area contributed by atoms with E-state index in [2.05, 4.69) is 6.92 Å². The van der Waals surface area contributed by atoms with E-state index in [0.29, 0.717) is 5.92 Å². The predicted molar refractivity (Wildman–Crippen MR) is 75.1 cm³/mol. The zero-order valence-corrected chi connectivity index (χ0v) is 11.9. The molecule has 20 heavy (non-hydrogen) atoms. The number of nitrogens with two attached hydrogens (primary N) is 1. The van der Waals surface area contributed by atoms with Gasteiger partial charge in [-0.25, -0.2) is 8.78 Å². The van der Waals surface area contributed by atoms with E-state index in [1.54, 1.807) is 0 Å². The van der Waals surface area contributed by atoms with Gasteiger partial charge in [0.25, 0.3) is 0 Å². The van der Waals surface area contributed by atoms with Crippen molar-refractivity contribution in [3.8, 4) is 0 Å². The molecule has 1 saturated carbocycles. The molecule has 2 rings (SSSR count). The minimum atomic E-state index is -1.18. The van der Waals surface area contributed by atoms with Crippen LogP contribution in [0.1, 0.15) is 50.7 Å². The highest BCUT2D eigenvalue weighted by Crippen LogP contribution is 2.48. The fourth-order valence-electron chi connectivity index (χ4n) is 3.49. The smallest absolute Gasteiger partial charge is 0.131 e. The molecule has 0 heterocycles. The van der Waals surface area contributed by atoms with Gasteiger partial charge in [0.2, 0.25) is 0 Å². The average molecular weight is 283 g/mol. The largest absolute Gasteiger partial charge is 0.388 e. The van der Waals surface area contributed by atoms with Gasteiger partial charge in [-0.05, 0) is 30.9 Å². The Balaban J connectivity index is 2.35. The summed E-state index contributed by atoms with van der Waals surface area (Å²) in [5, 5.41) is 10.6. The first kappa shape index (κ1) is 15.4. The van der Waals surface area contributed by atoms with E-state index >= 15 is 0 Å². The van der Waals surface area contributed by atoms with Crippen LogP contribution in [0.2, 0.25) is 0 Å². The normalized spacial score (nSPS) is 28.4. The number of rotatable bonds is 4. The number of benzene rings is 1. The van der Waals surface area contributed by atoms with E-state index in [1.165, 1.54) is 18.2 Å². The standard InChI is InChI=1S/C16H23F2NO/c1-2-11-5-4-8-16(9-11,10-19)15(20)14-12(17)6-3-7-13(14)18/h3,6-7,11,15,20H,2,4-5,8-10,19H2,1H3. The van der Waals surface area contributed by atoms with E-state index in [-0.39, 0.29) is 12.1 Å². The zero-order chi connectivity index (χ0) is 14.8. The number of aliphatic hydroxyl groups is 1. The van der Waals surface area contributed by atoms with Gasteiger partial charge in [-0.15, -0.1) is 0 Å². The summed E-state index contributed by atoms with van der Waals surface area (Å²) in [6.45, 7) is 2.35. The lowest BCUT2D eigenvalue weighted by atomic mass is 9.64. The van der Waals surface area contributed by atoms with Crippen molar-refractivity contribution in [1.82, 2.24) is 0 Å². The monoisotopic (exact) mass is 283 g/mol. The Morgan fingerprint density at radius 3 is 2.60 bits per heavy atom. The van der Waals surface area contributed by atoms with Crippen LogP contribution in [0, 0.1) is 23.0 Å². The summed E-state index contributed by atoms with van der Waals surface area (Å²) in [4.78, 5) is 0. The zero-order valence-electron chi connectivity index (χ0n) is 11.9. The number of aliphatic hydroxyl groups excluding tert-OH is 1. The third-order valence-electron chi connectivity index (χ3n) is 4.82. The maximum absolute atomic E-state index is 13.9. The first-order valence-electron chi connectivity index (χ1n) is 7.36. The SMILES string of the molecule is CCC1CCCC(CN)(C(O)c2c(F)cccc2F)C1.